The first-order chi connectivity index (χ1) is 15.4. The zero-order chi connectivity index (χ0) is 24.6. The van der Waals surface area contributed by atoms with Crippen LogP contribution >= 0.6 is 0 Å². The van der Waals surface area contributed by atoms with Gasteiger partial charge in [0.25, 0.3) is 0 Å². The molecule has 3 rings (SSSR count). The summed E-state index contributed by atoms with van der Waals surface area (Å²) >= 11 is 0. The molecule has 0 radical (unpaired) electrons. The zero-order valence-electron chi connectivity index (χ0n) is 18.4. The molecule has 2 nitrogen and oxygen atoms in total. The Labute approximate surface area is 189 Å². The number of halogens is 7. The van der Waals surface area contributed by atoms with Crippen LogP contribution in [-0.2, 0) is 17.1 Å². The molecule has 2 unspecified atom stereocenters. The lowest BCUT2D eigenvalue weighted by atomic mass is 9.87. The van der Waals surface area contributed by atoms with E-state index >= 15 is 0 Å². The van der Waals surface area contributed by atoms with E-state index in [-0.39, 0.29) is 23.6 Å². The van der Waals surface area contributed by atoms with Crippen LogP contribution in [0, 0.1) is 11.7 Å². The number of alkyl halides is 6. The molecule has 0 bridgehead atoms. The Morgan fingerprint density at radius 2 is 1.52 bits per heavy atom. The van der Waals surface area contributed by atoms with E-state index in [2.05, 4.69) is 5.32 Å². The van der Waals surface area contributed by atoms with Crippen molar-refractivity contribution in [2.75, 3.05) is 13.6 Å². The summed E-state index contributed by atoms with van der Waals surface area (Å²) in [5.41, 5.74) is -2.73. The lowest BCUT2D eigenvalue weighted by Crippen LogP contribution is -2.29. The predicted octanol–water partition coefficient (Wildman–Crippen LogP) is 7.41. The first-order valence-electron chi connectivity index (χ1n) is 10.7. The molecule has 33 heavy (non-hydrogen) atoms. The van der Waals surface area contributed by atoms with Crippen molar-refractivity contribution in [3.8, 4) is 0 Å². The normalized spacial score (nSPS) is 20.0. The van der Waals surface area contributed by atoms with Gasteiger partial charge in [-0.25, -0.2) is 4.39 Å². The van der Waals surface area contributed by atoms with Crippen molar-refractivity contribution in [3.05, 3.63) is 71.0 Å². The highest BCUT2D eigenvalue weighted by Gasteiger charge is 2.37. The lowest BCUT2D eigenvalue weighted by molar-refractivity contribution is -0.143. The number of nitrogens with one attached hydrogen (secondary N) is 1. The van der Waals surface area contributed by atoms with Gasteiger partial charge in [-0.05, 0) is 81.6 Å². The Morgan fingerprint density at radius 1 is 0.939 bits per heavy atom. The predicted molar refractivity (Wildman–Crippen MR) is 112 cm³/mol. The van der Waals surface area contributed by atoms with Gasteiger partial charge in [-0.1, -0.05) is 24.6 Å². The van der Waals surface area contributed by atoms with Gasteiger partial charge in [-0.15, -0.1) is 0 Å². The van der Waals surface area contributed by atoms with E-state index in [1.807, 2.05) is 7.05 Å². The third-order valence-electron chi connectivity index (χ3n) is 5.44. The fourth-order valence-corrected chi connectivity index (χ4v) is 3.83. The van der Waals surface area contributed by atoms with Crippen molar-refractivity contribution in [2.24, 2.45) is 5.92 Å². The molecule has 0 saturated heterocycles. The average Bonchev–Trinajstić information content (AvgIpc) is 2.74. The molecule has 2 aromatic carbocycles. The van der Waals surface area contributed by atoms with Crippen LogP contribution in [0.5, 0.6) is 0 Å². The van der Waals surface area contributed by atoms with E-state index in [1.54, 1.807) is 18.2 Å². The molecular weight excluding hydrogens is 451 g/mol. The highest BCUT2D eigenvalue weighted by Crippen LogP contribution is 2.38. The highest BCUT2D eigenvalue weighted by molar-refractivity contribution is 5.34. The van der Waals surface area contributed by atoms with Crippen LogP contribution in [0.4, 0.5) is 30.7 Å². The first kappa shape index (κ1) is 27.1. The Balaban J connectivity index is 0.000000468. The second-order valence-electron chi connectivity index (χ2n) is 8.13. The Hall–Kier alpha value is -2.13. The van der Waals surface area contributed by atoms with Gasteiger partial charge in [-0.3, -0.25) is 0 Å². The van der Waals surface area contributed by atoms with Crippen LogP contribution in [0.1, 0.15) is 55.4 Å². The second-order valence-corrected chi connectivity index (χ2v) is 8.13. The number of ether oxygens (including phenoxy) is 1. The molecule has 1 fully saturated rings. The van der Waals surface area contributed by atoms with Crippen molar-refractivity contribution in [1.82, 2.24) is 5.32 Å². The molecule has 2 aromatic rings. The quantitative estimate of drug-likeness (QED) is 0.451. The largest absolute Gasteiger partial charge is 0.416 e. The topological polar surface area (TPSA) is 21.3 Å². The Bertz CT molecular complexity index is 818. The van der Waals surface area contributed by atoms with E-state index < -0.39 is 29.6 Å². The number of hydrogen-bond donors (Lipinski definition) is 1. The molecule has 1 aliphatic rings. The van der Waals surface area contributed by atoms with E-state index in [0.717, 1.165) is 44.4 Å². The summed E-state index contributed by atoms with van der Waals surface area (Å²) in [6, 6.07) is 9.56. The van der Waals surface area contributed by atoms with Gasteiger partial charge in [0.2, 0.25) is 0 Å². The van der Waals surface area contributed by atoms with Gasteiger partial charge in [0.1, 0.15) is 5.82 Å². The summed E-state index contributed by atoms with van der Waals surface area (Å²) in [7, 11) is 1.84. The molecule has 184 valence electrons. The van der Waals surface area contributed by atoms with E-state index in [4.69, 9.17) is 4.74 Å². The van der Waals surface area contributed by atoms with Gasteiger partial charge in [0.15, 0.2) is 0 Å². The van der Waals surface area contributed by atoms with Crippen molar-refractivity contribution in [2.45, 2.75) is 57.2 Å². The molecule has 1 aliphatic carbocycles. The minimum atomic E-state index is -4.85. The monoisotopic (exact) mass is 479 g/mol. The molecule has 0 heterocycles. The van der Waals surface area contributed by atoms with Crippen molar-refractivity contribution < 1.29 is 35.5 Å². The Kier molecular flexibility index (Phi) is 9.72. The fourth-order valence-electron chi connectivity index (χ4n) is 3.83. The molecule has 9 heteroatoms. The van der Waals surface area contributed by atoms with E-state index in [0.29, 0.717) is 5.92 Å². The smallest absolute Gasteiger partial charge is 0.371 e. The first-order valence-corrected chi connectivity index (χ1v) is 10.7. The summed E-state index contributed by atoms with van der Waals surface area (Å²) < 4.78 is 95.6. The molecule has 0 amide bonds. The summed E-state index contributed by atoms with van der Waals surface area (Å²) in [5.74, 6) is 0.223. The van der Waals surface area contributed by atoms with Crippen molar-refractivity contribution in [1.29, 1.82) is 0 Å². The number of benzene rings is 2. The molecule has 0 spiro atoms. The maximum Gasteiger partial charge on any atom is 0.416 e. The fraction of sp³-hybridized carbons (Fsp3) is 0.500. The number of hydrogen-bond acceptors (Lipinski definition) is 2. The van der Waals surface area contributed by atoms with Crippen molar-refractivity contribution in [3.63, 3.8) is 0 Å². The summed E-state index contributed by atoms with van der Waals surface area (Å²) in [6.45, 7) is 2.31. The van der Waals surface area contributed by atoms with Gasteiger partial charge in [0, 0.05) is 0 Å². The van der Waals surface area contributed by atoms with Crippen LogP contribution < -0.4 is 5.32 Å². The highest BCUT2D eigenvalue weighted by atomic mass is 19.4. The molecule has 3 atom stereocenters. The van der Waals surface area contributed by atoms with Crippen LogP contribution in [-0.4, -0.2) is 19.7 Å². The third-order valence-corrected chi connectivity index (χ3v) is 5.44. The SMILES string of the molecule is CNC[C@H]1CCCC(OC(C)c2cc(C(F)(F)F)cc(C(F)(F)F)c2)C1.Fc1ccccc1. The summed E-state index contributed by atoms with van der Waals surface area (Å²) in [5, 5.41) is 3.09. The minimum Gasteiger partial charge on any atom is -0.371 e. The average molecular weight is 479 g/mol. The minimum absolute atomic E-state index is 0.108. The van der Waals surface area contributed by atoms with E-state index in [9.17, 15) is 30.7 Å². The Morgan fingerprint density at radius 3 is 1.97 bits per heavy atom. The summed E-state index contributed by atoms with van der Waals surface area (Å²) in [4.78, 5) is 0. The molecular formula is C24H28F7NO. The zero-order valence-corrected chi connectivity index (χ0v) is 18.4. The van der Waals surface area contributed by atoms with Gasteiger partial charge >= 0.3 is 12.4 Å². The van der Waals surface area contributed by atoms with E-state index in [1.165, 1.54) is 19.1 Å². The number of rotatable bonds is 5. The van der Waals surface area contributed by atoms with Crippen LogP contribution in [0.25, 0.3) is 0 Å². The molecule has 1 saturated carbocycles. The second kappa shape index (κ2) is 11.8. The standard InChI is InChI=1S/C18H23F6NO.C6H5F/c1-11(26-16-5-3-4-12(6-16)10-25-2)13-7-14(17(19,20)21)9-15(8-13)18(22,23)24;7-6-4-2-1-3-5-6/h7-9,11-12,16,25H,3-6,10H2,1-2H3;1-5H/t11?,12-,16?;/m0./s1. The molecule has 0 aromatic heterocycles. The van der Waals surface area contributed by atoms with Gasteiger partial charge in [0.05, 0.1) is 23.3 Å². The van der Waals surface area contributed by atoms with Crippen molar-refractivity contribution >= 4 is 0 Å². The third kappa shape index (κ3) is 8.97. The maximum atomic E-state index is 13.0. The lowest BCUT2D eigenvalue weighted by Gasteiger charge is -2.31. The molecule has 0 aliphatic heterocycles. The van der Waals surface area contributed by atoms with Gasteiger partial charge in [-0.2, -0.15) is 26.3 Å². The molecule has 1 N–H and O–H groups in total. The van der Waals surface area contributed by atoms with Crippen LogP contribution in [0.15, 0.2) is 48.5 Å². The van der Waals surface area contributed by atoms with Crippen LogP contribution in [0.2, 0.25) is 0 Å². The van der Waals surface area contributed by atoms with Gasteiger partial charge < -0.3 is 10.1 Å². The summed E-state index contributed by atoms with van der Waals surface area (Å²) in [6.07, 6.45) is -7.24. The van der Waals surface area contributed by atoms with Crippen LogP contribution in [0.3, 0.4) is 0 Å². The maximum absolute atomic E-state index is 13.0.